The van der Waals surface area contributed by atoms with Gasteiger partial charge in [0.2, 0.25) is 0 Å². The van der Waals surface area contributed by atoms with E-state index in [1.54, 1.807) is 6.20 Å². The van der Waals surface area contributed by atoms with Crippen LogP contribution in [0.3, 0.4) is 0 Å². The summed E-state index contributed by atoms with van der Waals surface area (Å²) in [7, 11) is 0. The normalized spacial score (nSPS) is 14.9. The first kappa shape index (κ1) is 28.4. The van der Waals surface area contributed by atoms with Crippen LogP contribution >= 0.6 is 11.3 Å². The van der Waals surface area contributed by atoms with Gasteiger partial charge in [-0.25, -0.2) is 19.9 Å². The summed E-state index contributed by atoms with van der Waals surface area (Å²) in [5.41, 5.74) is 4.62. The van der Waals surface area contributed by atoms with Crippen molar-refractivity contribution in [1.82, 2.24) is 25.2 Å². The minimum Gasteiger partial charge on any atom is -0.481 e. The predicted molar refractivity (Wildman–Crippen MR) is 154 cm³/mol. The highest BCUT2D eigenvalue weighted by Gasteiger charge is 2.25. The average Bonchev–Trinajstić information content (AvgIpc) is 3.40. The average molecular weight is 549 g/mol. The molecule has 9 nitrogen and oxygen atoms in total. The number of likely N-dealkylation sites (tertiary alicyclic amines) is 1. The Hall–Kier alpha value is -3.66. The fourth-order valence-electron chi connectivity index (χ4n) is 4.55. The number of amides is 1. The molecule has 0 radical (unpaired) electrons. The first-order valence-electron chi connectivity index (χ1n) is 13.1. The highest BCUT2D eigenvalue weighted by Crippen LogP contribution is 2.29. The third-order valence-corrected chi connectivity index (χ3v) is 8.48. The molecule has 2 N–H and O–H groups in total. The number of nitrogens with one attached hydrogen (secondary N) is 1. The van der Waals surface area contributed by atoms with E-state index >= 15 is 0 Å². The summed E-state index contributed by atoms with van der Waals surface area (Å²) in [6.07, 6.45) is 4.40. The third-order valence-electron chi connectivity index (χ3n) is 7.05. The van der Waals surface area contributed by atoms with Gasteiger partial charge in [-0.15, -0.1) is 11.3 Å². The van der Waals surface area contributed by atoms with E-state index in [4.69, 9.17) is 4.99 Å². The molecule has 3 aromatic rings. The van der Waals surface area contributed by atoms with Gasteiger partial charge >= 0.3 is 5.97 Å². The fraction of sp³-hybridized carbons (Fsp3) is 0.448. The van der Waals surface area contributed by atoms with Gasteiger partial charge in [-0.05, 0) is 50.8 Å². The van der Waals surface area contributed by atoms with Gasteiger partial charge in [-0.3, -0.25) is 9.59 Å². The Labute approximate surface area is 233 Å². The monoisotopic (exact) mass is 548 g/mol. The zero-order valence-corrected chi connectivity index (χ0v) is 24.2. The third kappa shape index (κ3) is 6.68. The molecule has 206 valence electrons. The molecule has 1 fully saturated rings. The van der Waals surface area contributed by atoms with E-state index in [-0.39, 0.29) is 17.2 Å². The zero-order chi connectivity index (χ0) is 28.3. The number of carboxylic acid groups (broad SMARTS) is 1. The molecule has 2 aromatic heterocycles. The van der Waals surface area contributed by atoms with Crippen LogP contribution in [0.4, 0.5) is 5.82 Å². The van der Waals surface area contributed by atoms with Crippen LogP contribution in [0, 0.1) is 19.8 Å². The number of benzene rings is 1. The van der Waals surface area contributed by atoms with E-state index in [1.165, 1.54) is 17.7 Å². The number of carbonyl (C=O) groups excluding carboxylic acids is 1. The summed E-state index contributed by atoms with van der Waals surface area (Å²) in [5, 5.41) is 13.2. The van der Waals surface area contributed by atoms with Crippen LogP contribution in [0.25, 0.3) is 11.3 Å². The fourth-order valence-corrected chi connectivity index (χ4v) is 5.44. The molecular formula is C29H36N6O3S. The Morgan fingerprint density at radius 1 is 1.15 bits per heavy atom. The Bertz CT molecular complexity index is 1400. The second kappa shape index (κ2) is 11.6. The number of hydrogen-bond donors (Lipinski definition) is 2. The van der Waals surface area contributed by atoms with E-state index < -0.39 is 5.97 Å². The largest absolute Gasteiger partial charge is 0.481 e. The van der Waals surface area contributed by atoms with Crippen LogP contribution in [-0.4, -0.2) is 55.8 Å². The minimum absolute atomic E-state index is 0.0856. The summed E-state index contributed by atoms with van der Waals surface area (Å²) in [6, 6.07) is 6.09. The number of thiazole rings is 1. The van der Waals surface area contributed by atoms with Crippen molar-refractivity contribution in [1.29, 1.82) is 0 Å². The molecule has 0 saturated carbocycles. The van der Waals surface area contributed by atoms with Crippen molar-refractivity contribution in [2.45, 2.75) is 66.3 Å². The molecule has 3 heterocycles. The molecule has 39 heavy (non-hydrogen) atoms. The highest BCUT2D eigenvalue weighted by molar-refractivity contribution is 7.13. The molecule has 1 aliphatic heterocycles. The lowest BCUT2D eigenvalue weighted by atomic mass is 9.97. The molecule has 0 bridgehead atoms. The summed E-state index contributed by atoms with van der Waals surface area (Å²) in [6.45, 7) is 13.9. The smallest absolute Gasteiger partial charge is 0.306 e. The van der Waals surface area contributed by atoms with E-state index in [0.29, 0.717) is 43.2 Å². The molecule has 10 heteroatoms. The second-order valence-electron chi connectivity index (χ2n) is 11.0. The van der Waals surface area contributed by atoms with Gasteiger partial charge < -0.3 is 15.3 Å². The predicted octanol–water partition coefficient (Wildman–Crippen LogP) is 5.29. The number of aliphatic carboxylic acids is 1. The van der Waals surface area contributed by atoms with Crippen molar-refractivity contribution in [3.63, 3.8) is 0 Å². The molecule has 0 unspecified atom stereocenters. The van der Waals surface area contributed by atoms with Gasteiger partial charge in [-0.2, -0.15) is 0 Å². The van der Waals surface area contributed by atoms with Crippen LogP contribution in [0.1, 0.15) is 71.9 Å². The number of amidine groups is 1. The molecule has 0 spiro atoms. The molecule has 1 saturated heterocycles. The summed E-state index contributed by atoms with van der Waals surface area (Å²) in [4.78, 5) is 44.8. The lowest BCUT2D eigenvalue weighted by molar-refractivity contribution is -0.143. The maximum atomic E-state index is 12.7. The van der Waals surface area contributed by atoms with Crippen LogP contribution in [0.5, 0.6) is 0 Å². The number of aromatic nitrogens is 3. The first-order valence-corrected chi connectivity index (χ1v) is 13.9. The molecule has 0 atom stereocenters. The Morgan fingerprint density at radius 2 is 1.87 bits per heavy atom. The maximum absolute atomic E-state index is 12.7. The highest BCUT2D eigenvalue weighted by atomic mass is 32.1. The van der Waals surface area contributed by atoms with Gasteiger partial charge in [0, 0.05) is 36.2 Å². The van der Waals surface area contributed by atoms with Crippen LogP contribution in [-0.2, 0) is 16.8 Å². The lowest BCUT2D eigenvalue weighted by Gasteiger charge is -2.31. The van der Waals surface area contributed by atoms with Gasteiger partial charge in [-0.1, -0.05) is 32.9 Å². The number of rotatable bonds is 6. The number of carboxylic acids is 1. The zero-order valence-electron chi connectivity index (χ0n) is 23.4. The number of hydrogen-bond acceptors (Lipinski definition) is 7. The van der Waals surface area contributed by atoms with Gasteiger partial charge in [0.15, 0.2) is 5.82 Å². The Morgan fingerprint density at radius 3 is 2.49 bits per heavy atom. The molecule has 4 rings (SSSR count). The van der Waals surface area contributed by atoms with Crippen LogP contribution < -0.4 is 5.32 Å². The first-order chi connectivity index (χ1) is 18.4. The van der Waals surface area contributed by atoms with Gasteiger partial charge in [0.1, 0.15) is 17.0 Å². The number of carbonyl (C=O) groups is 2. The number of nitrogens with zero attached hydrogens (tertiary/aromatic N) is 5. The van der Waals surface area contributed by atoms with Gasteiger partial charge in [0.25, 0.3) is 5.91 Å². The summed E-state index contributed by atoms with van der Waals surface area (Å²) < 4.78 is 0. The molecule has 1 amide bonds. The van der Waals surface area contributed by atoms with Crippen molar-refractivity contribution in [3.05, 3.63) is 57.3 Å². The molecule has 1 aromatic carbocycles. The van der Waals surface area contributed by atoms with Crippen molar-refractivity contribution in [2.24, 2.45) is 10.9 Å². The van der Waals surface area contributed by atoms with Crippen molar-refractivity contribution < 1.29 is 14.7 Å². The SMILES string of the molecule is C/C(=N\c1ncnc(-c2ccc(CNC(=O)c3cnc(C(C)(C)C)s3)c(C)c2)c1C)N1CCC(C(=O)O)CC1. The standard InChI is InChI=1S/C29H36N6O3S/c1-17-13-21(7-8-22(17)14-30-26(36)23-15-31-28(39-23)29(4,5)6)24-18(2)25(33-16-32-24)34-19(3)35-11-9-20(10-12-35)27(37)38/h7-8,13,15-16,20H,9-12,14H2,1-6H3,(H,30,36)(H,37,38)/b34-19+. The van der Waals surface area contributed by atoms with Crippen LogP contribution in [0.2, 0.25) is 0 Å². The maximum Gasteiger partial charge on any atom is 0.306 e. The van der Waals surface area contributed by atoms with E-state index in [9.17, 15) is 14.7 Å². The topological polar surface area (TPSA) is 121 Å². The summed E-state index contributed by atoms with van der Waals surface area (Å²) in [5.74, 6) is 0.298. The molecular weight excluding hydrogens is 512 g/mol. The number of aliphatic imine (C=N–C) groups is 1. The summed E-state index contributed by atoms with van der Waals surface area (Å²) >= 11 is 1.43. The number of piperidine rings is 1. The van der Waals surface area contributed by atoms with E-state index in [0.717, 1.165) is 38.8 Å². The quantitative estimate of drug-likeness (QED) is 0.317. The second-order valence-corrected chi connectivity index (χ2v) is 12.1. The van der Waals surface area contributed by atoms with E-state index in [1.807, 2.05) is 32.9 Å². The lowest BCUT2D eigenvalue weighted by Crippen LogP contribution is -2.39. The minimum atomic E-state index is -0.723. The van der Waals surface area contributed by atoms with Crippen LogP contribution in [0.15, 0.2) is 35.7 Å². The van der Waals surface area contributed by atoms with Crippen molar-refractivity contribution in [3.8, 4) is 11.3 Å². The molecule has 1 aliphatic rings. The molecule has 0 aliphatic carbocycles. The Balaban J connectivity index is 1.45. The number of aryl methyl sites for hydroxylation is 1. The van der Waals surface area contributed by atoms with Gasteiger partial charge in [0.05, 0.1) is 22.8 Å². The van der Waals surface area contributed by atoms with Crippen molar-refractivity contribution >= 4 is 34.9 Å². The Kier molecular flexibility index (Phi) is 8.44. The van der Waals surface area contributed by atoms with Crippen molar-refractivity contribution in [2.75, 3.05) is 13.1 Å². The van der Waals surface area contributed by atoms with E-state index in [2.05, 4.69) is 52.0 Å².